The Balaban J connectivity index is 1.65. The maximum atomic E-state index is 12.4. The Morgan fingerprint density at radius 3 is 2.17 bits per heavy atom. The van der Waals surface area contributed by atoms with Crippen LogP contribution in [0, 0.1) is 0 Å². The third-order valence-electron chi connectivity index (χ3n) is 4.82. The molecule has 0 aromatic heterocycles. The van der Waals surface area contributed by atoms with E-state index in [1.807, 2.05) is 36.4 Å². The molecular formula is C22H25N3O5. The molecule has 2 aromatic carbocycles. The Bertz CT molecular complexity index is 885. The van der Waals surface area contributed by atoms with E-state index in [1.165, 1.54) is 6.92 Å². The molecule has 1 atom stereocenters. The van der Waals surface area contributed by atoms with Crippen molar-refractivity contribution in [2.75, 3.05) is 19.8 Å². The maximum Gasteiger partial charge on any atom is 0.407 e. The summed E-state index contributed by atoms with van der Waals surface area (Å²) in [6, 6.07) is 15.0. The predicted molar refractivity (Wildman–Crippen MR) is 110 cm³/mol. The molecule has 0 radical (unpaired) electrons. The molecule has 0 fully saturated rings. The molecule has 8 nitrogen and oxygen atoms in total. The fourth-order valence-electron chi connectivity index (χ4n) is 3.45. The molecule has 0 saturated carbocycles. The highest BCUT2D eigenvalue weighted by Gasteiger charge is 2.29. The van der Waals surface area contributed by atoms with Crippen molar-refractivity contribution < 1.29 is 24.0 Å². The van der Waals surface area contributed by atoms with E-state index in [-0.39, 0.29) is 31.6 Å². The van der Waals surface area contributed by atoms with Crippen molar-refractivity contribution in [2.24, 2.45) is 0 Å². The molecule has 0 aliphatic heterocycles. The lowest BCUT2D eigenvalue weighted by atomic mass is 9.98. The molecule has 0 unspecified atom stereocenters. The summed E-state index contributed by atoms with van der Waals surface area (Å²) in [5.74, 6) is -0.994. The summed E-state index contributed by atoms with van der Waals surface area (Å²) in [5.41, 5.74) is 6.66. The predicted octanol–water partition coefficient (Wildman–Crippen LogP) is 2.10. The minimum atomic E-state index is -1.03. The zero-order valence-corrected chi connectivity index (χ0v) is 16.9. The maximum absolute atomic E-state index is 12.4. The molecule has 30 heavy (non-hydrogen) atoms. The number of benzene rings is 2. The summed E-state index contributed by atoms with van der Waals surface area (Å²) in [7, 11) is 0. The van der Waals surface area contributed by atoms with Crippen LogP contribution in [0.3, 0.4) is 0 Å². The van der Waals surface area contributed by atoms with Crippen LogP contribution in [0.5, 0.6) is 0 Å². The molecule has 8 heteroatoms. The van der Waals surface area contributed by atoms with Gasteiger partial charge in [0.25, 0.3) is 5.91 Å². The number of hydrogen-bond acceptors (Lipinski definition) is 5. The fourth-order valence-corrected chi connectivity index (χ4v) is 3.45. The van der Waals surface area contributed by atoms with Gasteiger partial charge in [-0.1, -0.05) is 48.5 Å². The number of amides is 3. The molecule has 3 rings (SSSR count). The van der Waals surface area contributed by atoms with Crippen LogP contribution in [0.2, 0.25) is 0 Å². The van der Waals surface area contributed by atoms with Gasteiger partial charge in [-0.25, -0.2) is 10.3 Å². The minimum absolute atomic E-state index is 0.0849. The van der Waals surface area contributed by atoms with E-state index >= 15 is 0 Å². The number of hydrogen-bond donors (Lipinski definition) is 3. The third kappa shape index (κ3) is 4.96. The average Bonchev–Trinajstić information content (AvgIpc) is 3.07. The normalized spacial score (nSPS) is 13.0. The fraction of sp³-hybridized carbons (Fsp3) is 0.318. The van der Waals surface area contributed by atoms with Gasteiger partial charge in [-0.05, 0) is 29.2 Å². The third-order valence-corrected chi connectivity index (χ3v) is 4.82. The largest absolute Gasteiger partial charge is 0.449 e. The van der Waals surface area contributed by atoms with E-state index in [1.54, 1.807) is 6.92 Å². The first-order valence-electron chi connectivity index (χ1n) is 9.78. The summed E-state index contributed by atoms with van der Waals surface area (Å²) in [4.78, 5) is 40.6. The lowest BCUT2D eigenvalue weighted by Crippen LogP contribution is -2.52. The van der Waals surface area contributed by atoms with Gasteiger partial charge in [0.1, 0.15) is 12.6 Å². The Morgan fingerprint density at radius 1 is 1.00 bits per heavy atom. The van der Waals surface area contributed by atoms with Gasteiger partial charge >= 0.3 is 6.09 Å². The van der Waals surface area contributed by atoms with Gasteiger partial charge in [0.2, 0.25) is 5.91 Å². The van der Waals surface area contributed by atoms with Crippen LogP contribution in [-0.4, -0.2) is 43.7 Å². The highest BCUT2D eigenvalue weighted by Crippen LogP contribution is 2.44. The van der Waals surface area contributed by atoms with E-state index in [9.17, 15) is 14.4 Å². The van der Waals surface area contributed by atoms with Crippen LogP contribution in [0.15, 0.2) is 48.5 Å². The van der Waals surface area contributed by atoms with Crippen LogP contribution >= 0.6 is 0 Å². The van der Waals surface area contributed by atoms with Crippen LogP contribution in [0.25, 0.3) is 11.1 Å². The molecule has 158 valence electrons. The number of alkyl carbamates (subject to hydrolysis) is 1. The molecule has 0 spiro atoms. The number of nitrogens with one attached hydrogen (secondary N) is 3. The van der Waals surface area contributed by atoms with E-state index in [0.29, 0.717) is 0 Å². The van der Waals surface area contributed by atoms with Gasteiger partial charge in [0.05, 0.1) is 6.61 Å². The molecule has 1 aliphatic carbocycles. The van der Waals surface area contributed by atoms with Crippen molar-refractivity contribution >= 4 is 17.9 Å². The molecule has 1 aliphatic rings. The minimum Gasteiger partial charge on any atom is -0.449 e. The molecule has 0 saturated heterocycles. The highest BCUT2D eigenvalue weighted by atomic mass is 16.6. The second-order valence-corrected chi connectivity index (χ2v) is 6.86. The molecule has 2 aromatic rings. The van der Waals surface area contributed by atoms with Crippen LogP contribution in [-0.2, 0) is 19.2 Å². The lowest BCUT2D eigenvalue weighted by Gasteiger charge is -2.19. The Morgan fingerprint density at radius 2 is 1.60 bits per heavy atom. The standard InChI is InChI=1S/C22H25N3O5/c1-3-30-25-21(27)20(12-23-14(2)26)24-22(28)29-13-19-17-10-6-4-8-15(17)16-9-5-7-11-18(16)19/h4-11,19-20H,3,12-13H2,1-2H3,(H,23,26)(H,24,28)(H,25,27)/t20-/m0/s1. The van der Waals surface area contributed by atoms with Crippen molar-refractivity contribution in [3.8, 4) is 11.1 Å². The monoisotopic (exact) mass is 411 g/mol. The molecule has 0 heterocycles. The zero-order valence-electron chi connectivity index (χ0n) is 16.9. The van der Waals surface area contributed by atoms with Crippen molar-refractivity contribution in [3.05, 3.63) is 59.7 Å². The lowest BCUT2D eigenvalue weighted by molar-refractivity contribution is -0.135. The van der Waals surface area contributed by atoms with Crippen molar-refractivity contribution in [1.82, 2.24) is 16.1 Å². The molecule has 3 amide bonds. The van der Waals surface area contributed by atoms with Gasteiger partial charge in [0, 0.05) is 19.4 Å². The molecule has 0 bridgehead atoms. The average molecular weight is 411 g/mol. The number of hydroxylamine groups is 1. The summed E-state index contributed by atoms with van der Waals surface area (Å²) in [5, 5.41) is 4.99. The number of ether oxygens (including phenoxy) is 1. The molecule has 3 N–H and O–H groups in total. The number of carbonyl (C=O) groups excluding carboxylic acids is 3. The van der Waals surface area contributed by atoms with E-state index in [2.05, 4.69) is 28.2 Å². The van der Waals surface area contributed by atoms with Gasteiger partial charge in [0.15, 0.2) is 0 Å². The topological polar surface area (TPSA) is 106 Å². The Labute approximate surface area is 174 Å². The van der Waals surface area contributed by atoms with Crippen LogP contribution < -0.4 is 16.1 Å². The van der Waals surface area contributed by atoms with Crippen LogP contribution in [0.1, 0.15) is 30.9 Å². The summed E-state index contributed by atoms with van der Waals surface area (Å²) in [6.07, 6.45) is -0.751. The number of carbonyl (C=O) groups is 3. The van der Waals surface area contributed by atoms with Gasteiger partial charge < -0.3 is 15.4 Å². The number of rotatable bonds is 8. The smallest absolute Gasteiger partial charge is 0.407 e. The van der Waals surface area contributed by atoms with Crippen molar-refractivity contribution in [3.63, 3.8) is 0 Å². The van der Waals surface area contributed by atoms with Gasteiger partial charge in [-0.15, -0.1) is 0 Å². The van der Waals surface area contributed by atoms with E-state index < -0.39 is 18.0 Å². The zero-order chi connectivity index (χ0) is 21.5. The summed E-state index contributed by atoms with van der Waals surface area (Å²) < 4.78 is 5.45. The Hall–Kier alpha value is -3.39. The van der Waals surface area contributed by atoms with Crippen molar-refractivity contribution in [2.45, 2.75) is 25.8 Å². The first-order valence-corrected chi connectivity index (χ1v) is 9.78. The van der Waals surface area contributed by atoms with E-state index in [0.717, 1.165) is 22.3 Å². The first kappa shape index (κ1) is 21.3. The summed E-state index contributed by atoms with van der Waals surface area (Å²) in [6.45, 7) is 3.34. The van der Waals surface area contributed by atoms with Crippen molar-refractivity contribution in [1.29, 1.82) is 0 Å². The number of fused-ring (bicyclic) bond motifs is 3. The Kier molecular flexibility index (Phi) is 7.03. The second kappa shape index (κ2) is 9.89. The molecular weight excluding hydrogens is 386 g/mol. The van der Waals surface area contributed by atoms with E-state index in [4.69, 9.17) is 9.57 Å². The van der Waals surface area contributed by atoms with Crippen LogP contribution in [0.4, 0.5) is 4.79 Å². The first-order chi connectivity index (χ1) is 14.5. The summed E-state index contributed by atoms with van der Waals surface area (Å²) >= 11 is 0. The second-order valence-electron chi connectivity index (χ2n) is 6.86. The van der Waals surface area contributed by atoms with Gasteiger partial charge in [-0.3, -0.25) is 14.4 Å². The quantitative estimate of drug-likeness (QED) is 0.577. The SMILES string of the molecule is CCONC(=O)[C@H](CNC(C)=O)NC(=O)OCC1c2ccccc2-c2ccccc21. The highest BCUT2D eigenvalue weighted by molar-refractivity contribution is 5.86. The van der Waals surface area contributed by atoms with Gasteiger partial charge in [-0.2, -0.15) is 0 Å².